The van der Waals surface area contributed by atoms with Gasteiger partial charge in [-0.2, -0.15) is 0 Å². The largest absolute Gasteiger partial charge is 0.374 e. The van der Waals surface area contributed by atoms with E-state index in [9.17, 15) is 4.79 Å². The number of ether oxygens (including phenoxy) is 2. The van der Waals surface area contributed by atoms with Crippen molar-refractivity contribution in [2.45, 2.75) is 44.6 Å². The van der Waals surface area contributed by atoms with E-state index in [-0.39, 0.29) is 12.4 Å². The predicted octanol–water partition coefficient (Wildman–Crippen LogP) is 1.94. The van der Waals surface area contributed by atoms with Crippen molar-refractivity contribution in [3.63, 3.8) is 0 Å². The van der Waals surface area contributed by atoms with Crippen molar-refractivity contribution in [1.82, 2.24) is 0 Å². The highest BCUT2D eigenvalue weighted by Crippen LogP contribution is 2.33. The highest BCUT2D eigenvalue weighted by Gasteiger charge is 2.40. The minimum atomic E-state index is -0.520. The van der Waals surface area contributed by atoms with Crippen LogP contribution in [0.4, 0.5) is 0 Å². The van der Waals surface area contributed by atoms with Gasteiger partial charge >= 0.3 is 0 Å². The number of carbonyl (C=O) groups excluding carboxylic acids is 1. The van der Waals surface area contributed by atoms with Crippen molar-refractivity contribution in [1.29, 1.82) is 0 Å². The molecule has 0 aliphatic heterocycles. The molecule has 1 rings (SSSR count). The van der Waals surface area contributed by atoms with E-state index in [0.717, 1.165) is 32.1 Å². The van der Waals surface area contributed by atoms with Gasteiger partial charge in [-0.3, -0.25) is 4.79 Å². The van der Waals surface area contributed by atoms with E-state index in [1.807, 2.05) is 6.92 Å². The summed E-state index contributed by atoms with van der Waals surface area (Å²) in [6.45, 7) is 2.90. The average molecular weight is 200 g/mol. The number of Topliss-reactive ketones (excluding diaryl/α,β-unsaturated/α-hetero) is 1. The Hall–Kier alpha value is -0.410. The van der Waals surface area contributed by atoms with Gasteiger partial charge in [0.05, 0.1) is 0 Å². The minimum Gasteiger partial charge on any atom is -0.374 e. The molecule has 1 saturated carbocycles. The highest BCUT2D eigenvalue weighted by molar-refractivity contribution is 5.88. The zero-order valence-corrected chi connectivity index (χ0v) is 9.17. The van der Waals surface area contributed by atoms with Gasteiger partial charge in [0.2, 0.25) is 0 Å². The van der Waals surface area contributed by atoms with E-state index in [4.69, 9.17) is 9.47 Å². The molecule has 0 saturated heterocycles. The summed E-state index contributed by atoms with van der Waals surface area (Å²) in [5, 5.41) is 0. The fourth-order valence-corrected chi connectivity index (χ4v) is 1.98. The molecule has 0 atom stereocenters. The number of carbonyl (C=O) groups is 1. The molecule has 0 bridgehead atoms. The van der Waals surface area contributed by atoms with Gasteiger partial charge in [0.15, 0.2) is 5.78 Å². The first-order valence-electron chi connectivity index (χ1n) is 5.41. The molecule has 0 unspecified atom stereocenters. The second-order valence-electron chi connectivity index (χ2n) is 3.88. The highest BCUT2D eigenvalue weighted by atomic mass is 16.5. The monoisotopic (exact) mass is 200 g/mol. The molecule has 0 radical (unpaired) electrons. The van der Waals surface area contributed by atoms with E-state index >= 15 is 0 Å². The van der Waals surface area contributed by atoms with Gasteiger partial charge in [-0.15, -0.1) is 0 Å². The molecule has 0 heterocycles. The van der Waals surface area contributed by atoms with Gasteiger partial charge in [-0.25, -0.2) is 0 Å². The van der Waals surface area contributed by atoms with E-state index in [1.54, 1.807) is 7.11 Å². The second kappa shape index (κ2) is 5.47. The standard InChI is InChI=1S/C11H20O3/c1-3-8-14-9-10(12)11(13-2)6-4-5-7-11/h3-9H2,1-2H3. The quantitative estimate of drug-likeness (QED) is 0.615. The first kappa shape index (κ1) is 11.7. The lowest BCUT2D eigenvalue weighted by atomic mass is 9.97. The lowest BCUT2D eigenvalue weighted by Gasteiger charge is -2.25. The zero-order valence-electron chi connectivity index (χ0n) is 9.17. The number of ketones is 1. The lowest BCUT2D eigenvalue weighted by Crippen LogP contribution is -2.40. The topological polar surface area (TPSA) is 35.5 Å². The average Bonchev–Trinajstić information content (AvgIpc) is 2.67. The molecular weight excluding hydrogens is 180 g/mol. The number of rotatable bonds is 6. The Morgan fingerprint density at radius 3 is 2.50 bits per heavy atom. The maximum Gasteiger partial charge on any atom is 0.190 e. The fourth-order valence-electron chi connectivity index (χ4n) is 1.98. The van der Waals surface area contributed by atoms with Crippen LogP contribution in [0.15, 0.2) is 0 Å². The Balaban J connectivity index is 2.40. The Labute approximate surface area is 85.8 Å². The summed E-state index contributed by atoms with van der Waals surface area (Å²) < 4.78 is 10.6. The van der Waals surface area contributed by atoms with Gasteiger partial charge < -0.3 is 9.47 Å². The predicted molar refractivity (Wildman–Crippen MR) is 54.3 cm³/mol. The maximum absolute atomic E-state index is 11.8. The summed E-state index contributed by atoms with van der Waals surface area (Å²) in [4.78, 5) is 11.8. The first-order chi connectivity index (χ1) is 6.75. The van der Waals surface area contributed by atoms with E-state index in [0.29, 0.717) is 6.61 Å². The van der Waals surface area contributed by atoms with Crippen LogP contribution in [0.1, 0.15) is 39.0 Å². The SMILES string of the molecule is CCCOCC(=O)C1(OC)CCCC1. The number of methoxy groups -OCH3 is 1. The summed E-state index contributed by atoms with van der Waals surface area (Å²) >= 11 is 0. The van der Waals surface area contributed by atoms with Crippen LogP contribution >= 0.6 is 0 Å². The van der Waals surface area contributed by atoms with E-state index in [1.165, 1.54) is 0 Å². The van der Waals surface area contributed by atoms with Gasteiger partial charge in [0.1, 0.15) is 12.2 Å². The number of hydrogen-bond donors (Lipinski definition) is 0. The molecule has 0 aromatic heterocycles. The Bertz CT molecular complexity index is 183. The first-order valence-corrected chi connectivity index (χ1v) is 5.41. The summed E-state index contributed by atoms with van der Waals surface area (Å²) in [7, 11) is 1.63. The molecule has 0 aromatic carbocycles. The fraction of sp³-hybridized carbons (Fsp3) is 0.909. The Morgan fingerprint density at radius 1 is 1.36 bits per heavy atom. The summed E-state index contributed by atoms with van der Waals surface area (Å²) in [5.74, 6) is 0.117. The third-order valence-corrected chi connectivity index (χ3v) is 2.89. The van der Waals surface area contributed by atoms with Crippen molar-refractivity contribution in [3.05, 3.63) is 0 Å². The summed E-state index contributed by atoms with van der Waals surface area (Å²) in [6.07, 6.45) is 4.85. The molecule has 3 heteroatoms. The van der Waals surface area contributed by atoms with Gasteiger partial charge in [-0.1, -0.05) is 6.92 Å². The summed E-state index contributed by atoms with van der Waals surface area (Å²) in [6, 6.07) is 0. The van der Waals surface area contributed by atoms with Crippen molar-refractivity contribution in [3.8, 4) is 0 Å². The van der Waals surface area contributed by atoms with E-state index in [2.05, 4.69) is 0 Å². The second-order valence-corrected chi connectivity index (χ2v) is 3.88. The Kier molecular flexibility index (Phi) is 4.55. The normalized spacial score (nSPS) is 19.9. The number of hydrogen-bond acceptors (Lipinski definition) is 3. The van der Waals surface area contributed by atoms with Crippen LogP contribution in [-0.4, -0.2) is 31.7 Å². The third kappa shape index (κ3) is 2.55. The van der Waals surface area contributed by atoms with Crippen LogP contribution in [-0.2, 0) is 14.3 Å². The third-order valence-electron chi connectivity index (χ3n) is 2.89. The molecular formula is C11H20O3. The molecule has 14 heavy (non-hydrogen) atoms. The molecule has 82 valence electrons. The molecule has 1 fully saturated rings. The van der Waals surface area contributed by atoms with Crippen LogP contribution in [0, 0.1) is 0 Å². The molecule has 0 N–H and O–H groups in total. The van der Waals surface area contributed by atoms with Crippen molar-refractivity contribution in [2.24, 2.45) is 0 Å². The molecule has 1 aliphatic rings. The van der Waals surface area contributed by atoms with Gasteiger partial charge in [0, 0.05) is 13.7 Å². The summed E-state index contributed by atoms with van der Waals surface area (Å²) in [5.41, 5.74) is -0.520. The van der Waals surface area contributed by atoms with Crippen LogP contribution < -0.4 is 0 Å². The van der Waals surface area contributed by atoms with Crippen LogP contribution in [0.2, 0.25) is 0 Å². The molecule has 3 nitrogen and oxygen atoms in total. The van der Waals surface area contributed by atoms with Crippen LogP contribution in [0.5, 0.6) is 0 Å². The van der Waals surface area contributed by atoms with Crippen LogP contribution in [0.3, 0.4) is 0 Å². The van der Waals surface area contributed by atoms with Crippen molar-refractivity contribution < 1.29 is 14.3 Å². The smallest absolute Gasteiger partial charge is 0.190 e. The zero-order chi connectivity index (χ0) is 10.4. The van der Waals surface area contributed by atoms with Gasteiger partial charge in [0.25, 0.3) is 0 Å². The lowest BCUT2D eigenvalue weighted by molar-refractivity contribution is -0.145. The van der Waals surface area contributed by atoms with Crippen molar-refractivity contribution >= 4 is 5.78 Å². The van der Waals surface area contributed by atoms with E-state index < -0.39 is 5.60 Å². The van der Waals surface area contributed by atoms with Gasteiger partial charge in [-0.05, 0) is 32.1 Å². The molecule has 0 spiro atoms. The maximum atomic E-state index is 11.8. The molecule has 0 amide bonds. The Morgan fingerprint density at radius 2 is 2.00 bits per heavy atom. The van der Waals surface area contributed by atoms with Crippen molar-refractivity contribution in [2.75, 3.05) is 20.3 Å². The molecule has 1 aliphatic carbocycles. The minimum absolute atomic E-state index is 0.117. The van der Waals surface area contributed by atoms with Crippen LogP contribution in [0.25, 0.3) is 0 Å². The molecule has 0 aromatic rings.